The van der Waals surface area contributed by atoms with Gasteiger partial charge in [-0.2, -0.15) is 0 Å². The molecule has 9 heteroatoms. The maximum atomic E-state index is 12.2. The van der Waals surface area contributed by atoms with E-state index in [0.717, 1.165) is 5.76 Å². The Morgan fingerprint density at radius 2 is 2.00 bits per heavy atom. The van der Waals surface area contributed by atoms with E-state index in [9.17, 15) is 8.42 Å². The van der Waals surface area contributed by atoms with Gasteiger partial charge in [0.15, 0.2) is 16.9 Å². The highest BCUT2D eigenvalue weighted by molar-refractivity contribution is 7.89. The second kappa shape index (κ2) is 8.63. The van der Waals surface area contributed by atoms with Crippen LogP contribution < -0.4 is 15.5 Å². The summed E-state index contributed by atoms with van der Waals surface area (Å²) < 4.78 is 31.1. The van der Waals surface area contributed by atoms with Gasteiger partial charge in [0.1, 0.15) is 0 Å². The molecule has 0 unspecified atom stereocenters. The molecule has 0 radical (unpaired) electrons. The molecule has 1 aromatic heterocycles. The second-order valence-corrected chi connectivity index (χ2v) is 8.86. The Hall–Kier alpha value is -1.94. The van der Waals surface area contributed by atoms with E-state index in [1.54, 1.807) is 30.5 Å². The second-order valence-electron chi connectivity index (χ2n) is 6.30. The van der Waals surface area contributed by atoms with Gasteiger partial charge in [-0.05, 0) is 42.5 Å². The van der Waals surface area contributed by atoms with Crippen molar-refractivity contribution in [3.63, 3.8) is 0 Å². The first-order valence-electron chi connectivity index (χ1n) is 8.12. The quantitative estimate of drug-likeness (QED) is 0.597. The summed E-state index contributed by atoms with van der Waals surface area (Å²) in [5, 5.41) is 6.61. The van der Waals surface area contributed by atoms with Gasteiger partial charge >= 0.3 is 0 Å². The fraction of sp³-hybridized carbons (Fsp3) is 0.353. The van der Waals surface area contributed by atoms with E-state index in [1.807, 2.05) is 26.2 Å². The maximum absolute atomic E-state index is 12.2. The van der Waals surface area contributed by atoms with Crippen molar-refractivity contribution in [3.05, 3.63) is 48.4 Å². The van der Waals surface area contributed by atoms with Gasteiger partial charge in [0, 0.05) is 19.8 Å². The van der Waals surface area contributed by atoms with Crippen LogP contribution in [0.15, 0.2) is 52.0 Å². The summed E-state index contributed by atoms with van der Waals surface area (Å²) in [6.45, 7) is 0.581. The lowest BCUT2D eigenvalue weighted by atomic mass is 10.2. The van der Waals surface area contributed by atoms with Gasteiger partial charge in [0.05, 0.1) is 31.8 Å². The number of rotatable bonds is 7. The number of nitrogens with zero attached hydrogens (tertiary/aromatic N) is 1. The van der Waals surface area contributed by atoms with E-state index in [-0.39, 0.29) is 10.9 Å². The third kappa shape index (κ3) is 5.04. The number of likely N-dealkylation sites (N-methyl/N-ethyl adjacent to an activating group) is 1. The average Bonchev–Trinajstić information content (AvgIpc) is 3.09. The number of thiocarbonyl (C=S) groups is 1. The van der Waals surface area contributed by atoms with Crippen molar-refractivity contribution >= 4 is 33.0 Å². The summed E-state index contributed by atoms with van der Waals surface area (Å²) >= 11 is 5.34. The Bertz CT molecular complexity index is 833. The molecular weight excluding hydrogens is 372 g/mol. The minimum absolute atomic E-state index is 0.102. The van der Waals surface area contributed by atoms with Crippen molar-refractivity contribution in [2.45, 2.75) is 10.9 Å². The van der Waals surface area contributed by atoms with Gasteiger partial charge in [-0.25, -0.2) is 12.7 Å². The zero-order chi connectivity index (χ0) is 19.3. The van der Waals surface area contributed by atoms with Crippen LogP contribution in [0, 0.1) is 0 Å². The van der Waals surface area contributed by atoms with Crippen molar-refractivity contribution in [2.75, 3.05) is 40.1 Å². The van der Waals surface area contributed by atoms with E-state index in [2.05, 4.69) is 10.6 Å². The minimum Gasteiger partial charge on any atom is -0.463 e. The van der Waals surface area contributed by atoms with Crippen molar-refractivity contribution in [1.82, 2.24) is 9.62 Å². The standard InChI is InChI=1S/C17H24N4O3S2/c1-20(2)15(16-9-6-10-24-16)12-18-17(25)19-13-7-5-8-14(11-13)26(22,23)21(3)4/h5-11,15H,12H2,1-4H3,(H2,18,19,25)/p+1/t15-/m1/s1. The molecule has 2 rings (SSSR count). The third-order valence-corrected chi connectivity index (χ3v) is 5.98. The van der Waals surface area contributed by atoms with Gasteiger partial charge in [-0.1, -0.05) is 6.07 Å². The van der Waals surface area contributed by atoms with Gasteiger partial charge in [0.25, 0.3) is 0 Å². The Balaban J connectivity index is 2.02. The molecule has 0 spiro atoms. The van der Waals surface area contributed by atoms with Crippen LogP contribution in [0.25, 0.3) is 0 Å². The number of sulfonamides is 1. The van der Waals surface area contributed by atoms with E-state index < -0.39 is 10.0 Å². The van der Waals surface area contributed by atoms with Crippen LogP contribution in [0.1, 0.15) is 11.8 Å². The van der Waals surface area contributed by atoms with E-state index >= 15 is 0 Å². The molecule has 0 fully saturated rings. The molecule has 0 bridgehead atoms. The van der Waals surface area contributed by atoms with E-state index in [1.165, 1.54) is 23.3 Å². The first-order chi connectivity index (χ1) is 12.2. The number of anilines is 1. The van der Waals surface area contributed by atoms with E-state index in [0.29, 0.717) is 17.3 Å². The average molecular weight is 398 g/mol. The smallest absolute Gasteiger partial charge is 0.242 e. The Labute approximate surface area is 160 Å². The zero-order valence-corrected chi connectivity index (χ0v) is 16.9. The first kappa shape index (κ1) is 20.4. The largest absolute Gasteiger partial charge is 0.463 e. The van der Waals surface area contributed by atoms with Crippen LogP contribution in [0.3, 0.4) is 0 Å². The molecule has 1 atom stereocenters. The molecule has 0 amide bonds. The van der Waals surface area contributed by atoms with Crippen LogP contribution in [0.2, 0.25) is 0 Å². The maximum Gasteiger partial charge on any atom is 0.242 e. The molecule has 1 aromatic carbocycles. The molecule has 26 heavy (non-hydrogen) atoms. The predicted octanol–water partition coefficient (Wildman–Crippen LogP) is 0.702. The normalized spacial score (nSPS) is 13.0. The molecular formula is C17H25N4O3S2+. The Morgan fingerprint density at radius 3 is 2.58 bits per heavy atom. The summed E-state index contributed by atoms with van der Waals surface area (Å²) in [7, 11) is 3.60. The van der Waals surface area contributed by atoms with Crippen LogP contribution in [-0.4, -0.2) is 52.6 Å². The fourth-order valence-corrected chi connectivity index (χ4v) is 3.54. The summed E-state index contributed by atoms with van der Waals surface area (Å²) in [4.78, 5) is 1.41. The van der Waals surface area contributed by atoms with Crippen molar-refractivity contribution in [2.24, 2.45) is 0 Å². The van der Waals surface area contributed by atoms with Crippen LogP contribution in [0.5, 0.6) is 0 Å². The third-order valence-electron chi connectivity index (χ3n) is 3.92. The molecule has 2 aromatic rings. The lowest BCUT2D eigenvalue weighted by Gasteiger charge is -2.21. The summed E-state index contributed by atoms with van der Waals surface area (Å²) in [5.74, 6) is 0.874. The topological polar surface area (TPSA) is 79.0 Å². The first-order valence-corrected chi connectivity index (χ1v) is 9.97. The predicted molar refractivity (Wildman–Crippen MR) is 106 cm³/mol. The van der Waals surface area contributed by atoms with Gasteiger partial charge in [-0.3, -0.25) is 0 Å². The molecule has 7 nitrogen and oxygen atoms in total. The van der Waals surface area contributed by atoms with Crippen molar-refractivity contribution in [3.8, 4) is 0 Å². The Morgan fingerprint density at radius 1 is 1.27 bits per heavy atom. The zero-order valence-electron chi connectivity index (χ0n) is 15.3. The minimum atomic E-state index is -3.49. The van der Waals surface area contributed by atoms with Crippen LogP contribution in [-0.2, 0) is 10.0 Å². The molecule has 142 valence electrons. The molecule has 3 N–H and O–H groups in total. The molecule has 1 heterocycles. The number of furan rings is 1. The highest BCUT2D eigenvalue weighted by atomic mass is 32.2. The number of hydrogen-bond donors (Lipinski definition) is 3. The van der Waals surface area contributed by atoms with Crippen molar-refractivity contribution < 1.29 is 17.7 Å². The van der Waals surface area contributed by atoms with Gasteiger partial charge in [0.2, 0.25) is 10.0 Å². The number of benzene rings is 1. The summed E-state index contributed by atoms with van der Waals surface area (Å²) in [6, 6.07) is 10.5. The number of quaternary nitrogens is 1. The monoisotopic (exact) mass is 397 g/mol. The fourth-order valence-electron chi connectivity index (χ4n) is 2.39. The Kier molecular flexibility index (Phi) is 6.76. The highest BCUT2D eigenvalue weighted by Gasteiger charge is 2.21. The summed E-state index contributed by atoms with van der Waals surface area (Å²) in [6.07, 6.45) is 1.65. The molecule has 0 aliphatic rings. The molecule has 0 aliphatic carbocycles. The van der Waals surface area contributed by atoms with E-state index in [4.69, 9.17) is 16.6 Å². The molecule has 0 saturated carbocycles. The lowest BCUT2D eigenvalue weighted by molar-refractivity contribution is -0.891. The van der Waals surface area contributed by atoms with Crippen molar-refractivity contribution in [1.29, 1.82) is 0 Å². The van der Waals surface area contributed by atoms with Gasteiger partial charge < -0.3 is 20.0 Å². The number of hydrogen-bond acceptors (Lipinski definition) is 4. The number of nitrogens with one attached hydrogen (secondary N) is 3. The summed E-state index contributed by atoms with van der Waals surface area (Å²) in [5.41, 5.74) is 0.608. The lowest BCUT2D eigenvalue weighted by Crippen LogP contribution is -3.07. The van der Waals surface area contributed by atoms with Crippen LogP contribution >= 0.6 is 12.2 Å². The highest BCUT2D eigenvalue weighted by Crippen LogP contribution is 2.18. The molecule has 0 aliphatic heterocycles. The van der Waals surface area contributed by atoms with Gasteiger partial charge in [-0.15, -0.1) is 0 Å². The SMILES string of the molecule is CN(C)S(=O)(=O)c1cccc(NC(=S)NC[C@H](c2ccco2)[NH+](C)C)c1. The molecule has 0 saturated heterocycles. The van der Waals surface area contributed by atoms with Crippen LogP contribution in [0.4, 0.5) is 5.69 Å².